The molecule has 10 nitrogen and oxygen atoms in total. The minimum Gasteiger partial charge on any atom is -0.423 e. The van der Waals surface area contributed by atoms with Gasteiger partial charge in [-0.3, -0.25) is 10.2 Å². The van der Waals surface area contributed by atoms with Crippen LogP contribution in [0.3, 0.4) is 0 Å². The van der Waals surface area contributed by atoms with Crippen molar-refractivity contribution in [1.82, 2.24) is 15.0 Å². The Kier molecular flexibility index (Phi) is 5.28. The number of fused-ring (bicyclic) bond motifs is 2. The fourth-order valence-corrected chi connectivity index (χ4v) is 4.46. The molecule has 3 aromatic heterocycles. The Morgan fingerprint density at radius 1 is 1.17 bits per heavy atom. The fourth-order valence-electron chi connectivity index (χ4n) is 3.51. The zero-order chi connectivity index (χ0) is 24.7. The van der Waals surface area contributed by atoms with Gasteiger partial charge in [-0.15, -0.1) is 11.3 Å². The molecule has 0 saturated heterocycles. The molecular formula is C21H13F3N8O2S. The fraction of sp³-hybridized carbons (Fsp3) is 0.0476. The van der Waals surface area contributed by atoms with E-state index in [1.807, 2.05) is 0 Å². The second kappa shape index (κ2) is 8.32. The third kappa shape index (κ3) is 4.10. The Labute approximate surface area is 197 Å². The maximum Gasteiger partial charge on any atom is 0.416 e. The van der Waals surface area contributed by atoms with Crippen LogP contribution >= 0.6 is 11.3 Å². The molecule has 0 saturated carbocycles. The second-order valence-electron chi connectivity index (χ2n) is 7.20. The maximum absolute atomic E-state index is 13.0. The highest BCUT2D eigenvalue weighted by atomic mass is 32.1. The van der Waals surface area contributed by atoms with E-state index in [-0.39, 0.29) is 27.7 Å². The van der Waals surface area contributed by atoms with Crippen LogP contribution in [-0.2, 0) is 6.18 Å². The quantitative estimate of drug-likeness (QED) is 0.172. The van der Waals surface area contributed by atoms with E-state index < -0.39 is 17.6 Å². The average molecular weight is 498 g/mol. The molecule has 5 N–H and O–H groups in total. The molecule has 0 bridgehead atoms. The molecular weight excluding hydrogens is 485 g/mol. The summed E-state index contributed by atoms with van der Waals surface area (Å²) in [6.45, 7) is 0. The number of rotatable bonds is 6. The molecule has 14 heteroatoms. The average Bonchev–Trinajstić information content (AvgIpc) is 3.39. The molecule has 0 radical (unpaired) electrons. The highest BCUT2D eigenvalue weighted by molar-refractivity contribution is 7.21. The summed E-state index contributed by atoms with van der Waals surface area (Å²) in [7, 11) is 0. The predicted octanol–water partition coefficient (Wildman–Crippen LogP) is 5.72. The molecule has 0 fully saturated rings. The van der Waals surface area contributed by atoms with Gasteiger partial charge in [0.1, 0.15) is 21.6 Å². The van der Waals surface area contributed by atoms with Crippen LogP contribution in [0.1, 0.15) is 15.2 Å². The van der Waals surface area contributed by atoms with Crippen LogP contribution < -0.4 is 16.5 Å². The van der Waals surface area contributed by atoms with Crippen LogP contribution in [0, 0.1) is 5.53 Å². The van der Waals surface area contributed by atoms with Crippen LogP contribution in [0.15, 0.2) is 58.4 Å². The summed E-state index contributed by atoms with van der Waals surface area (Å²) in [6.07, 6.45) is -3.16. The van der Waals surface area contributed by atoms with E-state index in [2.05, 4.69) is 30.9 Å². The normalized spacial score (nSPS) is 11.6. The van der Waals surface area contributed by atoms with Crippen LogP contribution in [0.4, 0.5) is 30.6 Å². The highest BCUT2D eigenvalue weighted by Gasteiger charge is 2.31. The molecule has 5 rings (SSSR count). The van der Waals surface area contributed by atoms with Gasteiger partial charge in [0.25, 0.3) is 11.9 Å². The molecule has 0 unspecified atom stereocenters. The standard InChI is InChI=1S/C21H13F3N8O2S/c22-21(23,24)10-4-5-13-12(7-10)30-20(34-13)29-11-3-1-2-9(6-11)15-14-16(31-32-26)17(18(25)33)35-19(14)28-8-27-15/h1-8H,(H2,25,33)(H2,26,31)(H,29,30). The number of primary amides is 1. The molecule has 0 spiro atoms. The molecule has 1 amide bonds. The van der Waals surface area contributed by atoms with Gasteiger partial charge in [-0.05, 0) is 30.3 Å². The number of carbonyl (C=O) groups is 1. The van der Waals surface area contributed by atoms with Gasteiger partial charge in [0.15, 0.2) is 5.58 Å². The minimum atomic E-state index is -4.49. The van der Waals surface area contributed by atoms with E-state index in [4.69, 9.17) is 15.7 Å². The number of carbonyl (C=O) groups excluding carboxylic acids is 1. The molecule has 0 aliphatic carbocycles. The number of amides is 1. The monoisotopic (exact) mass is 498 g/mol. The lowest BCUT2D eigenvalue weighted by Gasteiger charge is -2.08. The lowest BCUT2D eigenvalue weighted by Crippen LogP contribution is -2.10. The molecule has 0 aliphatic heterocycles. The SMILES string of the molecule is N=NNc1c(C(N)=O)sc2ncnc(-c3cccc(Nc4nc5cc(C(F)(F)F)ccc5o4)c3)c12. The number of thiophene rings is 1. The van der Waals surface area contributed by atoms with Crippen LogP contribution in [0.2, 0.25) is 0 Å². The van der Waals surface area contributed by atoms with Gasteiger partial charge in [-0.2, -0.15) is 23.7 Å². The van der Waals surface area contributed by atoms with Crippen molar-refractivity contribution in [3.8, 4) is 11.3 Å². The number of nitrogens with one attached hydrogen (secondary N) is 3. The molecule has 3 heterocycles. The lowest BCUT2D eigenvalue weighted by atomic mass is 10.1. The highest BCUT2D eigenvalue weighted by Crippen LogP contribution is 2.40. The number of nitrogens with zero attached hydrogens (tertiary/aromatic N) is 4. The zero-order valence-electron chi connectivity index (χ0n) is 17.3. The topological polar surface area (TPSA) is 155 Å². The van der Waals surface area contributed by atoms with Crippen molar-refractivity contribution in [2.75, 3.05) is 10.7 Å². The summed E-state index contributed by atoms with van der Waals surface area (Å²) in [4.78, 5) is 25.1. The Bertz CT molecular complexity index is 1610. The molecule has 176 valence electrons. The number of halogens is 3. The van der Waals surface area contributed by atoms with Crippen LogP contribution in [0.25, 0.3) is 32.6 Å². The predicted molar refractivity (Wildman–Crippen MR) is 122 cm³/mol. The number of anilines is 3. The first-order valence-corrected chi connectivity index (χ1v) is 10.6. The third-order valence-corrected chi connectivity index (χ3v) is 6.09. The summed E-state index contributed by atoms with van der Waals surface area (Å²) in [5.41, 5.74) is 16.3. The summed E-state index contributed by atoms with van der Waals surface area (Å²) in [6, 6.07) is 9.96. The lowest BCUT2D eigenvalue weighted by molar-refractivity contribution is -0.137. The van der Waals surface area contributed by atoms with Gasteiger partial charge in [-0.25, -0.2) is 9.97 Å². The molecule has 35 heavy (non-hydrogen) atoms. The van der Waals surface area contributed by atoms with Gasteiger partial charge in [0.05, 0.1) is 22.3 Å². The summed E-state index contributed by atoms with van der Waals surface area (Å²) in [5.74, 6) is -0.704. The van der Waals surface area contributed by atoms with Crippen molar-refractivity contribution >= 4 is 55.9 Å². The molecule has 0 atom stereocenters. The van der Waals surface area contributed by atoms with Crippen molar-refractivity contribution in [1.29, 1.82) is 5.53 Å². The van der Waals surface area contributed by atoms with Gasteiger partial charge in [0.2, 0.25) is 0 Å². The second-order valence-corrected chi connectivity index (χ2v) is 8.20. The van der Waals surface area contributed by atoms with Crippen molar-refractivity contribution in [2.45, 2.75) is 6.18 Å². The van der Waals surface area contributed by atoms with Gasteiger partial charge in [-0.1, -0.05) is 17.4 Å². The summed E-state index contributed by atoms with van der Waals surface area (Å²) >= 11 is 1.04. The first-order chi connectivity index (χ1) is 16.7. The number of hydrogen-bond donors (Lipinski definition) is 4. The van der Waals surface area contributed by atoms with Gasteiger partial charge < -0.3 is 15.5 Å². The van der Waals surface area contributed by atoms with E-state index in [1.54, 1.807) is 24.3 Å². The number of nitrogens with two attached hydrogens (primary N) is 1. The number of aromatic nitrogens is 3. The van der Waals surface area contributed by atoms with Crippen LogP contribution in [-0.4, -0.2) is 20.9 Å². The number of hydrogen-bond acceptors (Lipinski definition) is 9. The number of oxazole rings is 1. The zero-order valence-corrected chi connectivity index (χ0v) is 18.2. The van der Waals surface area contributed by atoms with E-state index in [9.17, 15) is 18.0 Å². The Morgan fingerprint density at radius 2 is 2.00 bits per heavy atom. The molecule has 2 aromatic carbocycles. The van der Waals surface area contributed by atoms with Gasteiger partial charge in [0, 0.05) is 11.3 Å². The van der Waals surface area contributed by atoms with E-state index >= 15 is 0 Å². The first-order valence-electron chi connectivity index (χ1n) is 9.79. The summed E-state index contributed by atoms with van der Waals surface area (Å²) in [5, 5.41) is 6.56. The Morgan fingerprint density at radius 3 is 2.74 bits per heavy atom. The molecule has 5 aromatic rings. The molecule has 0 aliphatic rings. The first kappa shape index (κ1) is 22.2. The Hall–Kier alpha value is -4.59. The third-order valence-electron chi connectivity index (χ3n) is 4.98. The van der Waals surface area contributed by atoms with Crippen molar-refractivity contribution < 1.29 is 22.4 Å². The number of benzene rings is 2. The van der Waals surface area contributed by atoms with E-state index in [1.165, 1.54) is 12.4 Å². The van der Waals surface area contributed by atoms with E-state index in [0.717, 1.165) is 23.5 Å². The minimum absolute atomic E-state index is 0.00576. The van der Waals surface area contributed by atoms with Crippen molar-refractivity contribution in [2.24, 2.45) is 11.0 Å². The van der Waals surface area contributed by atoms with E-state index in [0.29, 0.717) is 27.2 Å². The summed E-state index contributed by atoms with van der Waals surface area (Å²) < 4.78 is 44.5. The largest absolute Gasteiger partial charge is 0.423 e. The smallest absolute Gasteiger partial charge is 0.416 e. The number of alkyl halides is 3. The van der Waals surface area contributed by atoms with Gasteiger partial charge >= 0.3 is 6.18 Å². The van der Waals surface area contributed by atoms with Crippen LogP contribution in [0.5, 0.6) is 0 Å². The maximum atomic E-state index is 13.0. The van der Waals surface area contributed by atoms with Crippen molar-refractivity contribution in [3.63, 3.8) is 0 Å². The Balaban J connectivity index is 1.53. The van der Waals surface area contributed by atoms with Crippen molar-refractivity contribution in [3.05, 3.63) is 59.2 Å².